The van der Waals surface area contributed by atoms with E-state index in [2.05, 4.69) is 0 Å². The molecular weight excluding hydrogens is 310 g/mol. The zero-order valence-corrected chi connectivity index (χ0v) is 13.0. The minimum atomic E-state index is -0.934. The van der Waals surface area contributed by atoms with Crippen molar-refractivity contribution in [2.24, 2.45) is 0 Å². The fourth-order valence-electron chi connectivity index (χ4n) is 2.62. The number of amides is 2. The molecule has 122 valence electrons. The third-order valence-electron chi connectivity index (χ3n) is 3.82. The minimum absolute atomic E-state index is 0.0216. The summed E-state index contributed by atoms with van der Waals surface area (Å²) in [7, 11) is 1.41. The maximum Gasteiger partial charge on any atom is 0.417 e. The van der Waals surface area contributed by atoms with Crippen LogP contribution in [0, 0.1) is 0 Å². The first-order valence-corrected chi connectivity index (χ1v) is 7.36. The van der Waals surface area contributed by atoms with Crippen LogP contribution in [0.5, 0.6) is 5.75 Å². The molecular formula is C18H15NO5. The van der Waals surface area contributed by atoms with E-state index in [1.165, 1.54) is 13.2 Å². The zero-order valence-electron chi connectivity index (χ0n) is 13.0. The van der Waals surface area contributed by atoms with Gasteiger partial charge < -0.3 is 9.47 Å². The maximum atomic E-state index is 12.6. The van der Waals surface area contributed by atoms with Crippen LogP contribution in [0.15, 0.2) is 54.6 Å². The smallest absolute Gasteiger partial charge is 0.417 e. The molecule has 0 radical (unpaired) electrons. The number of rotatable bonds is 4. The Hall–Kier alpha value is -3.15. The number of hydrogen-bond donors (Lipinski definition) is 0. The second-order valence-corrected chi connectivity index (χ2v) is 5.21. The van der Waals surface area contributed by atoms with Crippen LogP contribution in [-0.4, -0.2) is 36.4 Å². The van der Waals surface area contributed by atoms with E-state index >= 15 is 0 Å². The number of nitrogens with zero attached hydrogens (tertiary/aromatic N) is 1. The van der Waals surface area contributed by atoms with E-state index < -0.39 is 23.8 Å². The van der Waals surface area contributed by atoms with Crippen LogP contribution in [0.3, 0.4) is 0 Å². The molecule has 1 aliphatic rings. The lowest BCUT2D eigenvalue weighted by atomic mass is 10.0. The molecule has 2 amide bonds. The topological polar surface area (TPSA) is 72.9 Å². The second kappa shape index (κ2) is 6.54. The predicted molar refractivity (Wildman–Crippen MR) is 84.7 cm³/mol. The number of hydrogen-bond acceptors (Lipinski definition) is 5. The van der Waals surface area contributed by atoms with Crippen LogP contribution in [0.2, 0.25) is 0 Å². The molecule has 0 bridgehead atoms. The van der Waals surface area contributed by atoms with Gasteiger partial charge in [0.15, 0.2) is 0 Å². The summed E-state index contributed by atoms with van der Waals surface area (Å²) < 4.78 is 10.1. The molecule has 2 aromatic rings. The van der Waals surface area contributed by atoms with Crippen molar-refractivity contribution in [1.29, 1.82) is 0 Å². The Kier molecular flexibility index (Phi) is 4.29. The molecule has 1 fully saturated rings. The van der Waals surface area contributed by atoms with Crippen LogP contribution in [0.4, 0.5) is 4.79 Å². The Bertz CT molecular complexity index is 787. The summed E-state index contributed by atoms with van der Waals surface area (Å²) in [4.78, 5) is 38.0. The number of benzene rings is 2. The molecule has 24 heavy (non-hydrogen) atoms. The summed E-state index contributed by atoms with van der Waals surface area (Å²) in [5.74, 6) is -1.47. The summed E-state index contributed by atoms with van der Waals surface area (Å²) in [5, 5.41) is 0. The lowest BCUT2D eigenvalue weighted by Gasteiger charge is -2.19. The summed E-state index contributed by atoms with van der Waals surface area (Å²) in [5.41, 5.74) is 0.834. The Morgan fingerprint density at radius 2 is 1.75 bits per heavy atom. The largest absolute Gasteiger partial charge is 0.496 e. The fraction of sp³-hybridized carbons (Fsp3) is 0.167. The van der Waals surface area contributed by atoms with Gasteiger partial charge in [-0.1, -0.05) is 42.5 Å². The molecule has 0 aliphatic carbocycles. The van der Waals surface area contributed by atoms with E-state index in [4.69, 9.17) is 9.47 Å². The van der Waals surface area contributed by atoms with Crippen molar-refractivity contribution >= 4 is 17.8 Å². The van der Waals surface area contributed by atoms with E-state index in [1.807, 2.05) is 6.07 Å². The molecule has 3 rings (SSSR count). The highest BCUT2D eigenvalue weighted by atomic mass is 16.6. The first kappa shape index (κ1) is 15.7. The molecule has 0 unspecified atom stereocenters. The lowest BCUT2D eigenvalue weighted by Crippen LogP contribution is -2.39. The second-order valence-electron chi connectivity index (χ2n) is 5.21. The summed E-state index contributed by atoms with van der Waals surface area (Å²) >= 11 is 0. The van der Waals surface area contributed by atoms with Crippen LogP contribution in [0.1, 0.15) is 22.0 Å². The molecule has 0 N–H and O–H groups in total. The molecule has 0 spiro atoms. The van der Waals surface area contributed by atoms with Gasteiger partial charge in [-0.2, -0.15) is 0 Å². The quantitative estimate of drug-likeness (QED) is 0.638. The standard InChI is InChI=1S/C18H15NO5/c1-23-15-10-6-5-9-13(15)16(20)17(21)19-14(11-24-18(19)22)12-7-3-2-4-8-12/h2-10,14H,11H2,1H3/t14-/m0/s1. The van der Waals surface area contributed by atoms with Gasteiger partial charge >= 0.3 is 12.0 Å². The molecule has 6 heteroatoms. The highest BCUT2D eigenvalue weighted by Gasteiger charge is 2.42. The van der Waals surface area contributed by atoms with Crippen LogP contribution >= 0.6 is 0 Å². The first-order chi connectivity index (χ1) is 11.6. The summed E-state index contributed by atoms with van der Waals surface area (Å²) in [6, 6.07) is 14.7. The average Bonchev–Trinajstić information content (AvgIpc) is 3.02. The van der Waals surface area contributed by atoms with Gasteiger partial charge in [0.25, 0.3) is 5.78 Å². The normalized spacial score (nSPS) is 16.6. The molecule has 1 saturated heterocycles. The Labute approximate surface area is 138 Å². The highest BCUT2D eigenvalue weighted by molar-refractivity contribution is 6.45. The summed E-state index contributed by atoms with van der Waals surface area (Å²) in [6.45, 7) is 0.0216. The number of imide groups is 1. The van der Waals surface area contributed by atoms with Crippen molar-refractivity contribution in [1.82, 2.24) is 4.90 Å². The Morgan fingerprint density at radius 3 is 2.46 bits per heavy atom. The number of ether oxygens (including phenoxy) is 2. The van der Waals surface area contributed by atoms with Crippen molar-refractivity contribution < 1.29 is 23.9 Å². The minimum Gasteiger partial charge on any atom is -0.496 e. The van der Waals surface area contributed by atoms with Gasteiger partial charge in [0.05, 0.1) is 12.7 Å². The molecule has 1 heterocycles. The molecule has 2 aromatic carbocycles. The van der Waals surface area contributed by atoms with Gasteiger partial charge in [-0.15, -0.1) is 0 Å². The number of ketones is 1. The lowest BCUT2D eigenvalue weighted by molar-refractivity contribution is -0.124. The molecule has 0 saturated carbocycles. The van der Waals surface area contributed by atoms with E-state index in [-0.39, 0.29) is 17.9 Å². The third-order valence-corrected chi connectivity index (χ3v) is 3.82. The van der Waals surface area contributed by atoms with Crippen molar-refractivity contribution in [3.63, 3.8) is 0 Å². The van der Waals surface area contributed by atoms with Gasteiger partial charge in [-0.25, -0.2) is 9.69 Å². The number of Topliss-reactive ketones (excluding diaryl/α,β-unsaturated/α-hetero) is 1. The van der Waals surface area contributed by atoms with Crippen LogP contribution < -0.4 is 4.74 Å². The third kappa shape index (κ3) is 2.74. The van der Waals surface area contributed by atoms with E-state index in [0.29, 0.717) is 0 Å². The Balaban J connectivity index is 1.92. The number of cyclic esters (lactones) is 1. The maximum absolute atomic E-state index is 12.6. The number of carbonyl (C=O) groups excluding carboxylic acids is 3. The predicted octanol–water partition coefficient (Wildman–Crippen LogP) is 2.60. The molecule has 1 aliphatic heterocycles. The summed E-state index contributed by atoms with van der Waals surface area (Å²) in [6.07, 6.45) is -0.822. The van der Waals surface area contributed by atoms with Gasteiger partial charge in [-0.3, -0.25) is 9.59 Å². The van der Waals surface area contributed by atoms with E-state index in [1.54, 1.807) is 42.5 Å². The first-order valence-electron chi connectivity index (χ1n) is 7.36. The SMILES string of the molecule is COc1ccccc1C(=O)C(=O)N1C(=O)OC[C@H]1c1ccccc1. The van der Waals surface area contributed by atoms with E-state index in [9.17, 15) is 14.4 Å². The number of carbonyl (C=O) groups is 3. The van der Waals surface area contributed by atoms with Crippen LogP contribution in [-0.2, 0) is 9.53 Å². The van der Waals surface area contributed by atoms with Gasteiger partial charge in [0.1, 0.15) is 18.4 Å². The monoisotopic (exact) mass is 325 g/mol. The fourth-order valence-corrected chi connectivity index (χ4v) is 2.62. The van der Waals surface area contributed by atoms with Crippen molar-refractivity contribution in [2.45, 2.75) is 6.04 Å². The van der Waals surface area contributed by atoms with Gasteiger partial charge in [0, 0.05) is 0 Å². The van der Waals surface area contributed by atoms with Crippen molar-refractivity contribution in [2.75, 3.05) is 13.7 Å². The zero-order chi connectivity index (χ0) is 17.1. The van der Waals surface area contributed by atoms with E-state index in [0.717, 1.165) is 10.5 Å². The molecule has 6 nitrogen and oxygen atoms in total. The van der Waals surface area contributed by atoms with Crippen LogP contribution in [0.25, 0.3) is 0 Å². The highest BCUT2D eigenvalue weighted by Crippen LogP contribution is 2.29. The molecule has 1 atom stereocenters. The van der Waals surface area contributed by atoms with Gasteiger partial charge in [0.2, 0.25) is 0 Å². The number of para-hydroxylation sites is 1. The number of methoxy groups -OCH3 is 1. The van der Waals surface area contributed by atoms with Crippen molar-refractivity contribution in [3.05, 3.63) is 65.7 Å². The Morgan fingerprint density at radius 1 is 1.08 bits per heavy atom. The average molecular weight is 325 g/mol. The van der Waals surface area contributed by atoms with Crippen molar-refractivity contribution in [3.8, 4) is 5.75 Å². The van der Waals surface area contributed by atoms with Gasteiger partial charge in [-0.05, 0) is 17.7 Å². The molecule has 0 aromatic heterocycles.